The summed E-state index contributed by atoms with van der Waals surface area (Å²) in [6.45, 7) is 9.63. The van der Waals surface area contributed by atoms with E-state index in [9.17, 15) is 18.0 Å². The Morgan fingerprint density at radius 2 is 1.92 bits per heavy atom. The van der Waals surface area contributed by atoms with Crippen molar-refractivity contribution in [3.8, 4) is 10.4 Å². The fraction of sp³-hybridized carbons (Fsp3) is 0.600. The standard InChI is InChI=1S/C25H33N5O4S2/c1-15(2)27-19-9-16(3)18(10-26-19)21-20(23(31)30-8-6-5-7-17(30)4)28-22(35-21)24(32)29-11-25(12-29)13-36(33,34)14-25/h9-10,15,17H,5-8,11-14H2,1-4H3,(H,26,27)/t17-/m0/s1. The van der Waals surface area contributed by atoms with Crippen molar-refractivity contribution in [2.24, 2.45) is 5.41 Å². The summed E-state index contributed by atoms with van der Waals surface area (Å²) in [7, 11) is -2.96. The maximum atomic E-state index is 13.7. The van der Waals surface area contributed by atoms with Gasteiger partial charge in [0.2, 0.25) is 0 Å². The molecule has 3 aliphatic heterocycles. The number of pyridine rings is 1. The number of aromatic nitrogens is 2. The fourth-order valence-corrected chi connectivity index (χ4v) is 8.81. The minimum atomic E-state index is -2.96. The SMILES string of the molecule is Cc1cc(NC(C)C)ncc1-c1sc(C(=O)N2CC3(C2)CS(=O)(=O)C3)nc1C(=O)N1CCCC[C@@H]1C. The highest BCUT2D eigenvalue weighted by atomic mass is 32.2. The number of carbonyl (C=O) groups is 2. The molecule has 1 N–H and O–H groups in total. The van der Waals surface area contributed by atoms with E-state index in [2.05, 4.69) is 22.2 Å². The first kappa shape index (κ1) is 25.1. The number of likely N-dealkylation sites (tertiary alicyclic amines) is 2. The Morgan fingerprint density at radius 3 is 2.53 bits per heavy atom. The minimum absolute atomic E-state index is 0.118. The van der Waals surface area contributed by atoms with Gasteiger partial charge in [-0.05, 0) is 58.6 Å². The predicted molar refractivity (Wildman–Crippen MR) is 140 cm³/mol. The van der Waals surface area contributed by atoms with Crippen molar-refractivity contribution < 1.29 is 18.0 Å². The van der Waals surface area contributed by atoms with E-state index in [1.54, 1.807) is 11.1 Å². The average molecular weight is 532 g/mol. The summed E-state index contributed by atoms with van der Waals surface area (Å²) >= 11 is 1.22. The summed E-state index contributed by atoms with van der Waals surface area (Å²) < 4.78 is 23.3. The molecule has 0 saturated carbocycles. The average Bonchev–Trinajstić information content (AvgIpc) is 3.20. The number of sulfone groups is 1. The lowest BCUT2D eigenvalue weighted by Gasteiger charge is -2.54. The molecule has 0 aromatic carbocycles. The van der Waals surface area contributed by atoms with E-state index < -0.39 is 9.84 Å². The maximum Gasteiger partial charge on any atom is 0.282 e. The van der Waals surface area contributed by atoms with Gasteiger partial charge < -0.3 is 15.1 Å². The summed E-state index contributed by atoms with van der Waals surface area (Å²) in [5.41, 5.74) is 1.74. The van der Waals surface area contributed by atoms with E-state index in [-0.39, 0.29) is 45.8 Å². The molecule has 36 heavy (non-hydrogen) atoms. The number of hydrogen-bond donors (Lipinski definition) is 1. The Morgan fingerprint density at radius 1 is 1.19 bits per heavy atom. The Bertz CT molecular complexity index is 1300. The van der Waals surface area contributed by atoms with Crippen molar-refractivity contribution in [1.29, 1.82) is 0 Å². The molecule has 3 fully saturated rings. The number of aryl methyl sites for hydroxylation is 1. The highest BCUT2D eigenvalue weighted by molar-refractivity contribution is 7.92. The van der Waals surface area contributed by atoms with Gasteiger partial charge in [-0.25, -0.2) is 18.4 Å². The molecule has 1 atom stereocenters. The summed E-state index contributed by atoms with van der Waals surface area (Å²) in [6, 6.07) is 2.30. The number of nitrogens with one attached hydrogen (secondary N) is 1. The molecule has 0 radical (unpaired) electrons. The fourth-order valence-electron chi connectivity index (χ4n) is 5.56. The zero-order valence-corrected chi connectivity index (χ0v) is 22.8. The Kier molecular flexibility index (Phi) is 6.35. The number of nitrogens with zero attached hydrogens (tertiary/aromatic N) is 4. The highest BCUT2D eigenvalue weighted by Crippen LogP contribution is 2.43. The van der Waals surface area contributed by atoms with Gasteiger partial charge in [-0.3, -0.25) is 9.59 Å². The summed E-state index contributed by atoms with van der Waals surface area (Å²) in [6.07, 6.45) is 4.75. The molecular formula is C25H33N5O4S2. The van der Waals surface area contributed by atoms with Crippen LogP contribution in [0.5, 0.6) is 0 Å². The second-order valence-corrected chi connectivity index (χ2v) is 14.0. The third kappa shape index (κ3) is 4.63. The summed E-state index contributed by atoms with van der Waals surface area (Å²) in [5, 5.41) is 3.56. The number of rotatable bonds is 5. The quantitative estimate of drug-likeness (QED) is 0.630. The third-order valence-corrected chi connectivity index (χ3v) is 10.4. The van der Waals surface area contributed by atoms with Gasteiger partial charge >= 0.3 is 0 Å². The monoisotopic (exact) mass is 531 g/mol. The van der Waals surface area contributed by atoms with Crippen molar-refractivity contribution in [3.63, 3.8) is 0 Å². The van der Waals surface area contributed by atoms with Crippen LogP contribution >= 0.6 is 11.3 Å². The van der Waals surface area contributed by atoms with Crippen LogP contribution in [0.4, 0.5) is 5.82 Å². The van der Waals surface area contributed by atoms with E-state index in [0.29, 0.717) is 30.2 Å². The van der Waals surface area contributed by atoms with Crippen molar-refractivity contribution in [2.45, 2.75) is 59.0 Å². The smallest absolute Gasteiger partial charge is 0.282 e. The van der Waals surface area contributed by atoms with Gasteiger partial charge in [-0.1, -0.05) is 0 Å². The molecule has 0 aliphatic carbocycles. The van der Waals surface area contributed by atoms with Crippen LogP contribution in [0.1, 0.15) is 65.9 Å². The molecule has 0 bridgehead atoms. The largest absolute Gasteiger partial charge is 0.368 e. The van der Waals surface area contributed by atoms with Gasteiger partial charge in [-0.15, -0.1) is 11.3 Å². The van der Waals surface area contributed by atoms with Gasteiger partial charge in [0, 0.05) is 48.9 Å². The van der Waals surface area contributed by atoms with Crippen LogP contribution in [0, 0.1) is 12.3 Å². The van der Waals surface area contributed by atoms with Crippen molar-refractivity contribution in [1.82, 2.24) is 19.8 Å². The van der Waals surface area contributed by atoms with Crippen molar-refractivity contribution in [3.05, 3.63) is 28.5 Å². The first-order valence-electron chi connectivity index (χ1n) is 12.5. The lowest BCUT2D eigenvalue weighted by atomic mass is 9.83. The Balaban J connectivity index is 1.46. The van der Waals surface area contributed by atoms with Crippen LogP contribution in [0.15, 0.2) is 12.3 Å². The molecule has 3 aliphatic rings. The lowest BCUT2D eigenvalue weighted by molar-refractivity contribution is 0.0201. The Labute approximate surface area is 216 Å². The van der Waals surface area contributed by atoms with Crippen LogP contribution in [-0.4, -0.2) is 83.2 Å². The number of thiazole rings is 1. The molecular weight excluding hydrogens is 498 g/mol. The topological polar surface area (TPSA) is 113 Å². The van der Waals surface area contributed by atoms with E-state index in [1.807, 2.05) is 31.7 Å². The number of hydrogen-bond acceptors (Lipinski definition) is 8. The summed E-state index contributed by atoms with van der Waals surface area (Å²) in [4.78, 5) is 40.3. The second kappa shape index (κ2) is 9.09. The molecule has 2 amide bonds. The molecule has 194 valence electrons. The number of carbonyl (C=O) groups excluding carboxylic acids is 2. The molecule has 11 heteroatoms. The van der Waals surface area contributed by atoms with Crippen LogP contribution in [-0.2, 0) is 9.84 Å². The molecule has 9 nitrogen and oxygen atoms in total. The van der Waals surface area contributed by atoms with Crippen molar-refractivity contribution >= 4 is 38.8 Å². The van der Waals surface area contributed by atoms with E-state index in [0.717, 1.165) is 36.2 Å². The molecule has 5 rings (SSSR count). The van der Waals surface area contributed by atoms with Gasteiger partial charge in [0.05, 0.1) is 16.4 Å². The molecule has 1 spiro atoms. The van der Waals surface area contributed by atoms with Gasteiger partial charge in [0.15, 0.2) is 14.8 Å². The maximum absolute atomic E-state index is 13.7. The number of amides is 2. The van der Waals surface area contributed by atoms with E-state index in [1.165, 1.54) is 11.3 Å². The summed E-state index contributed by atoms with van der Waals surface area (Å²) in [5.74, 6) is 0.647. The highest BCUT2D eigenvalue weighted by Gasteiger charge is 2.57. The first-order chi connectivity index (χ1) is 17.0. The first-order valence-corrected chi connectivity index (χ1v) is 15.2. The molecule has 0 unspecified atom stereocenters. The van der Waals surface area contributed by atoms with Crippen LogP contribution in [0.3, 0.4) is 0 Å². The molecule has 2 aromatic heterocycles. The van der Waals surface area contributed by atoms with E-state index in [4.69, 9.17) is 0 Å². The third-order valence-electron chi connectivity index (χ3n) is 7.26. The molecule has 5 heterocycles. The molecule has 3 saturated heterocycles. The Hall–Kier alpha value is -2.53. The van der Waals surface area contributed by atoms with Crippen LogP contribution < -0.4 is 5.32 Å². The van der Waals surface area contributed by atoms with Gasteiger partial charge in [-0.2, -0.15) is 0 Å². The zero-order chi connectivity index (χ0) is 25.8. The lowest BCUT2D eigenvalue weighted by Crippen LogP contribution is -2.69. The van der Waals surface area contributed by atoms with Crippen LogP contribution in [0.25, 0.3) is 10.4 Å². The van der Waals surface area contributed by atoms with Gasteiger partial charge in [0.25, 0.3) is 11.8 Å². The normalized spacial score (nSPS) is 22.3. The minimum Gasteiger partial charge on any atom is -0.368 e. The van der Waals surface area contributed by atoms with Gasteiger partial charge in [0.1, 0.15) is 11.5 Å². The zero-order valence-electron chi connectivity index (χ0n) is 21.2. The van der Waals surface area contributed by atoms with E-state index >= 15 is 0 Å². The number of anilines is 1. The predicted octanol–water partition coefficient (Wildman–Crippen LogP) is 3.22. The van der Waals surface area contributed by atoms with Crippen LogP contribution in [0.2, 0.25) is 0 Å². The second-order valence-electron chi connectivity index (χ2n) is 10.9. The van der Waals surface area contributed by atoms with Crippen molar-refractivity contribution in [2.75, 3.05) is 36.5 Å². The molecule has 2 aromatic rings. The number of piperidine rings is 1.